The van der Waals surface area contributed by atoms with Gasteiger partial charge in [0.1, 0.15) is 23.1 Å². The van der Waals surface area contributed by atoms with Crippen LogP contribution in [0.1, 0.15) is 39.5 Å². The Bertz CT molecular complexity index is 742. The fourth-order valence-electron chi connectivity index (χ4n) is 4.44. The van der Waals surface area contributed by atoms with Gasteiger partial charge in [0, 0.05) is 49.5 Å². The number of ether oxygens (including phenoxy) is 2. The molecule has 4 aliphatic rings. The van der Waals surface area contributed by atoms with Crippen LogP contribution in [0.4, 0.5) is 0 Å². The van der Waals surface area contributed by atoms with Gasteiger partial charge in [-0.25, -0.2) is 0 Å². The zero-order valence-electron chi connectivity index (χ0n) is 17.2. The summed E-state index contributed by atoms with van der Waals surface area (Å²) in [5.74, 6) is -8.29. The standard InChI is InChI=1S/2C10H12O5.Ca/c2*1-2-4(11)7-5(12)3-6-9(15-6)8(7)10(13)14;/h2*6-9H,2-3H2,1H3,(H,13,14);/q;;+2/p-2. The first-order valence-electron chi connectivity index (χ1n) is 9.95. The van der Waals surface area contributed by atoms with Crippen molar-refractivity contribution in [2.45, 2.75) is 63.9 Å². The molecule has 10 nitrogen and oxygen atoms in total. The number of ketones is 4. The maximum Gasteiger partial charge on any atom is 2.00 e. The van der Waals surface area contributed by atoms with Gasteiger partial charge in [0.25, 0.3) is 0 Å². The smallest absolute Gasteiger partial charge is 0.550 e. The molecule has 8 atom stereocenters. The second kappa shape index (κ2) is 10.2. The van der Waals surface area contributed by atoms with E-state index in [1.807, 2.05) is 0 Å². The zero-order chi connectivity index (χ0) is 22.3. The molecule has 0 aromatic carbocycles. The van der Waals surface area contributed by atoms with Crippen LogP contribution in [0.15, 0.2) is 0 Å². The fourth-order valence-corrected chi connectivity index (χ4v) is 4.44. The molecule has 2 aliphatic carbocycles. The Morgan fingerprint density at radius 2 is 1.10 bits per heavy atom. The third-order valence-electron chi connectivity index (χ3n) is 6.10. The molecule has 4 rings (SSSR count). The van der Waals surface area contributed by atoms with Crippen LogP contribution < -0.4 is 10.2 Å². The van der Waals surface area contributed by atoms with Crippen LogP contribution in [0.25, 0.3) is 0 Å². The molecule has 0 amide bonds. The SMILES string of the molecule is CCC(=O)C1C(=O)CC2OC2C1C(=O)[O-].CCC(=O)C1C(=O)CC2OC2C1C(=O)[O-].[Ca+2]. The van der Waals surface area contributed by atoms with E-state index in [4.69, 9.17) is 9.47 Å². The summed E-state index contributed by atoms with van der Waals surface area (Å²) >= 11 is 0. The van der Waals surface area contributed by atoms with Gasteiger partial charge in [-0.2, -0.15) is 0 Å². The fraction of sp³-hybridized carbons (Fsp3) is 0.700. The monoisotopic (exact) mass is 462 g/mol. The second-order valence-electron chi connectivity index (χ2n) is 7.90. The number of fused-ring (bicyclic) bond motifs is 2. The Morgan fingerprint density at radius 1 is 0.774 bits per heavy atom. The number of carboxylic acid groups (broad SMARTS) is 2. The largest absolute Gasteiger partial charge is 2.00 e. The maximum absolute atomic E-state index is 11.6. The molecule has 4 fully saturated rings. The average molecular weight is 462 g/mol. The van der Waals surface area contributed by atoms with Crippen molar-refractivity contribution in [3.63, 3.8) is 0 Å². The van der Waals surface area contributed by atoms with E-state index in [0.717, 1.165) is 0 Å². The van der Waals surface area contributed by atoms with Crippen LogP contribution >= 0.6 is 0 Å². The average Bonchev–Trinajstić information content (AvgIpc) is 3.59. The van der Waals surface area contributed by atoms with E-state index < -0.39 is 47.8 Å². The number of Topliss-reactive ketones (excluding diaryl/α,β-unsaturated/α-hetero) is 4. The summed E-state index contributed by atoms with van der Waals surface area (Å²) in [6.45, 7) is 3.23. The van der Waals surface area contributed by atoms with Crippen molar-refractivity contribution in [2.75, 3.05) is 0 Å². The summed E-state index contributed by atoms with van der Waals surface area (Å²) in [4.78, 5) is 67.8. The Hall–Kier alpha value is -1.20. The molecule has 0 aromatic rings. The number of rotatable bonds is 6. The molecule has 0 radical (unpaired) electrons. The normalized spacial score (nSPS) is 37.1. The van der Waals surface area contributed by atoms with Crippen molar-refractivity contribution >= 4 is 72.8 Å². The van der Waals surface area contributed by atoms with Crippen molar-refractivity contribution in [3.05, 3.63) is 0 Å². The van der Waals surface area contributed by atoms with E-state index in [2.05, 4.69) is 0 Å². The molecule has 8 unspecified atom stereocenters. The van der Waals surface area contributed by atoms with Crippen molar-refractivity contribution < 1.29 is 48.5 Å². The molecule has 0 bridgehead atoms. The van der Waals surface area contributed by atoms with Gasteiger partial charge in [-0.15, -0.1) is 0 Å². The quantitative estimate of drug-likeness (QED) is 0.225. The van der Waals surface area contributed by atoms with E-state index in [0.29, 0.717) is 0 Å². The Kier molecular flexibility index (Phi) is 8.54. The van der Waals surface area contributed by atoms with Crippen LogP contribution in [0.2, 0.25) is 0 Å². The number of carbonyl (C=O) groups is 6. The Balaban J connectivity index is 0.000000213. The maximum atomic E-state index is 11.6. The van der Waals surface area contributed by atoms with Crippen LogP contribution in [0.3, 0.4) is 0 Å². The van der Waals surface area contributed by atoms with Crippen molar-refractivity contribution in [1.29, 1.82) is 0 Å². The molecule has 164 valence electrons. The van der Waals surface area contributed by atoms with Gasteiger partial charge in [-0.1, -0.05) is 13.8 Å². The Labute approximate surface area is 208 Å². The van der Waals surface area contributed by atoms with Crippen LogP contribution in [0, 0.1) is 23.7 Å². The van der Waals surface area contributed by atoms with Crippen LogP contribution in [-0.2, 0) is 38.2 Å². The zero-order valence-corrected chi connectivity index (χ0v) is 19.4. The number of hydrogen-bond donors (Lipinski definition) is 0. The summed E-state index contributed by atoms with van der Waals surface area (Å²) < 4.78 is 10.1. The number of aliphatic carboxylic acids is 2. The number of hydrogen-bond acceptors (Lipinski definition) is 10. The molecule has 0 aromatic heterocycles. The van der Waals surface area contributed by atoms with E-state index in [1.54, 1.807) is 13.8 Å². The summed E-state index contributed by atoms with van der Waals surface area (Å²) in [5, 5.41) is 21.7. The first-order valence-corrected chi connectivity index (χ1v) is 9.95. The minimum absolute atomic E-state index is 0. The predicted molar refractivity (Wildman–Crippen MR) is 96.9 cm³/mol. The van der Waals surface area contributed by atoms with Gasteiger partial charge < -0.3 is 29.3 Å². The van der Waals surface area contributed by atoms with Gasteiger partial charge >= 0.3 is 37.7 Å². The first-order chi connectivity index (χ1) is 14.1. The van der Waals surface area contributed by atoms with Gasteiger partial charge in [-0.3, -0.25) is 19.2 Å². The third-order valence-corrected chi connectivity index (χ3v) is 6.10. The topological polar surface area (TPSA) is 174 Å². The van der Waals surface area contributed by atoms with Crippen LogP contribution in [0.5, 0.6) is 0 Å². The van der Waals surface area contributed by atoms with Gasteiger partial charge in [0.05, 0.1) is 36.3 Å². The molecule has 2 aliphatic heterocycles. The van der Waals surface area contributed by atoms with E-state index in [1.165, 1.54) is 0 Å². The molecule has 0 spiro atoms. The molecule has 11 heteroatoms. The first kappa shape index (κ1) is 26.1. The molecule has 2 heterocycles. The molecule has 0 N–H and O–H groups in total. The summed E-state index contributed by atoms with van der Waals surface area (Å²) in [6.07, 6.45) is -0.950. The molecule has 31 heavy (non-hydrogen) atoms. The van der Waals surface area contributed by atoms with Crippen LogP contribution in [-0.4, -0.2) is 97.2 Å². The van der Waals surface area contributed by atoms with Crippen molar-refractivity contribution in [2.24, 2.45) is 23.7 Å². The molecule has 2 saturated carbocycles. The molecular formula is C20H22CaO10. The second-order valence-corrected chi connectivity index (χ2v) is 7.90. The third kappa shape index (κ3) is 5.24. The van der Waals surface area contributed by atoms with Crippen molar-refractivity contribution in [3.8, 4) is 0 Å². The molecular weight excluding hydrogens is 440 g/mol. The van der Waals surface area contributed by atoms with E-state index in [9.17, 15) is 39.0 Å². The Morgan fingerprint density at radius 3 is 1.35 bits per heavy atom. The summed E-state index contributed by atoms with van der Waals surface area (Å²) in [5.41, 5.74) is 0. The minimum atomic E-state index is -1.36. The van der Waals surface area contributed by atoms with Gasteiger partial charge in [0.15, 0.2) is 0 Å². The summed E-state index contributed by atoms with van der Waals surface area (Å²) in [7, 11) is 0. The van der Waals surface area contributed by atoms with Gasteiger partial charge in [-0.05, 0) is 0 Å². The summed E-state index contributed by atoms with van der Waals surface area (Å²) in [6, 6.07) is 0. The van der Waals surface area contributed by atoms with Gasteiger partial charge in [0.2, 0.25) is 0 Å². The number of epoxide rings is 2. The number of carbonyl (C=O) groups excluding carboxylic acids is 6. The number of carboxylic acids is 2. The molecule has 2 saturated heterocycles. The predicted octanol–water partition coefficient (Wildman–Crippen LogP) is -3.00. The van der Waals surface area contributed by atoms with Crippen molar-refractivity contribution in [1.82, 2.24) is 0 Å². The van der Waals surface area contributed by atoms with E-state index >= 15 is 0 Å². The minimum Gasteiger partial charge on any atom is -0.550 e. The van der Waals surface area contributed by atoms with E-state index in [-0.39, 0.29) is 98.8 Å².